The van der Waals surface area contributed by atoms with Gasteiger partial charge >= 0.3 is 5.97 Å². The Morgan fingerprint density at radius 1 is 0.920 bits per heavy atom. The maximum atomic E-state index is 14.3. The van der Waals surface area contributed by atoms with E-state index >= 15 is 0 Å². The minimum atomic E-state index is -0.935. The number of aromatic nitrogens is 1. The van der Waals surface area contributed by atoms with Crippen molar-refractivity contribution < 1.29 is 19.1 Å². The van der Waals surface area contributed by atoms with Crippen molar-refractivity contribution in [1.82, 2.24) is 20.5 Å². The molecule has 1 aliphatic rings. The smallest absolute Gasteiger partial charge is 0.329 e. The number of ether oxygens (including phenoxy) is 1. The van der Waals surface area contributed by atoms with Crippen molar-refractivity contribution in [1.29, 1.82) is 0 Å². The lowest BCUT2D eigenvalue weighted by Gasteiger charge is -2.39. The molecule has 1 aromatic heterocycles. The van der Waals surface area contributed by atoms with Gasteiger partial charge in [0.05, 0.1) is 12.0 Å². The van der Waals surface area contributed by atoms with Gasteiger partial charge in [-0.15, -0.1) is 0 Å². The van der Waals surface area contributed by atoms with Crippen LogP contribution in [0, 0.1) is 5.92 Å². The van der Waals surface area contributed by atoms with Gasteiger partial charge < -0.3 is 26.1 Å². The number of hydrogen-bond acceptors (Lipinski definition) is 6. The summed E-state index contributed by atoms with van der Waals surface area (Å²) in [6.07, 6.45) is 5.22. The van der Waals surface area contributed by atoms with E-state index in [2.05, 4.69) is 69.0 Å². The van der Waals surface area contributed by atoms with Crippen LogP contribution in [0.2, 0.25) is 0 Å². The normalized spacial score (nSPS) is 17.2. The van der Waals surface area contributed by atoms with Crippen LogP contribution in [0.4, 0.5) is 0 Å². The summed E-state index contributed by atoms with van der Waals surface area (Å²) in [6, 6.07) is 26.9. The van der Waals surface area contributed by atoms with Crippen LogP contribution in [0.3, 0.4) is 0 Å². The van der Waals surface area contributed by atoms with Gasteiger partial charge in [0.1, 0.15) is 17.7 Å². The van der Waals surface area contributed by atoms with Crippen molar-refractivity contribution in [2.24, 2.45) is 11.7 Å². The number of amides is 2. The molecular formula is C41H53N5O4. The lowest BCUT2D eigenvalue weighted by Crippen LogP contribution is -2.56. The van der Waals surface area contributed by atoms with Crippen LogP contribution >= 0.6 is 0 Å². The minimum Gasteiger partial charge on any atom is -0.458 e. The number of para-hydroxylation sites is 1. The number of H-pyrrole nitrogens is 1. The highest BCUT2D eigenvalue weighted by Gasteiger charge is 2.37. The third kappa shape index (κ3) is 9.40. The van der Waals surface area contributed by atoms with Crippen LogP contribution in [0.5, 0.6) is 0 Å². The number of hydrogen-bond donors (Lipinski definition) is 4. The lowest BCUT2D eigenvalue weighted by atomic mass is 9.89. The molecule has 0 aliphatic carbocycles. The second-order valence-corrected chi connectivity index (χ2v) is 14.5. The standard InChI is InChI=1S/C41H53N5O4/c1-28(33-26-43-34-22-12-11-21-32(33)34)36(39(48)44-35(23-13-14-24-42)40(49)50-41(2,3)4)45-38(47)31-20-15-25-46(27-31)37(29-16-7-5-8-17-29)30-18-9-6-10-19-30/h5-12,16-19,21-22,26,28,31,35-37,43H,13-15,20,23-25,27,42H2,1-4H3,(H,44,48)(H,45,47)/t28-,31?,35-,36?/m0/s1. The van der Waals surface area contributed by atoms with Gasteiger partial charge in [0.2, 0.25) is 11.8 Å². The van der Waals surface area contributed by atoms with Gasteiger partial charge in [-0.25, -0.2) is 4.79 Å². The number of fused-ring (bicyclic) bond motifs is 1. The first-order valence-corrected chi connectivity index (χ1v) is 18.0. The number of piperidine rings is 1. The third-order valence-electron chi connectivity index (χ3n) is 9.57. The molecule has 9 nitrogen and oxygen atoms in total. The van der Waals surface area contributed by atoms with Gasteiger partial charge in [0.15, 0.2) is 0 Å². The Balaban J connectivity index is 1.41. The van der Waals surface area contributed by atoms with E-state index < -0.39 is 35.5 Å². The van der Waals surface area contributed by atoms with Gasteiger partial charge in [-0.2, -0.15) is 0 Å². The Kier molecular flexibility index (Phi) is 12.5. The molecule has 0 radical (unpaired) electrons. The monoisotopic (exact) mass is 679 g/mol. The molecule has 5 N–H and O–H groups in total. The molecule has 5 rings (SSSR count). The molecular weight excluding hydrogens is 626 g/mol. The fraction of sp³-hybridized carbons (Fsp3) is 0.439. The molecule has 2 heterocycles. The van der Waals surface area contributed by atoms with Gasteiger partial charge in [-0.05, 0) is 88.7 Å². The van der Waals surface area contributed by atoms with Crippen LogP contribution in [0.25, 0.3) is 10.9 Å². The zero-order valence-corrected chi connectivity index (χ0v) is 29.9. The average molecular weight is 680 g/mol. The molecule has 4 aromatic rings. The summed E-state index contributed by atoms with van der Waals surface area (Å²) in [6.45, 7) is 9.26. The van der Waals surface area contributed by atoms with Gasteiger partial charge in [-0.1, -0.05) is 85.8 Å². The Labute approximate surface area is 296 Å². The van der Waals surface area contributed by atoms with Crippen molar-refractivity contribution >= 4 is 28.7 Å². The number of aromatic amines is 1. The van der Waals surface area contributed by atoms with Crippen LogP contribution < -0.4 is 16.4 Å². The van der Waals surface area contributed by atoms with E-state index in [9.17, 15) is 14.4 Å². The van der Waals surface area contributed by atoms with Crippen LogP contribution in [-0.4, -0.2) is 65.0 Å². The Morgan fingerprint density at radius 2 is 1.56 bits per heavy atom. The molecule has 9 heteroatoms. The lowest BCUT2D eigenvalue weighted by molar-refractivity contribution is -0.159. The summed E-state index contributed by atoms with van der Waals surface area (Å²) in [7, 11) is 0. The van der Waals surface area contributed by atoms with Crippen molar-refractivity contribution in [3.8, 4) is 0 Å². The van der Waals surface area contributed by atoms with Gasteiger partial charge in [0, 0.05) is 29.6 Å². The fourth-order valence-corrected chi connectivity index (χ4v) is 7.05. The van der Waals surface area contributed by atoms with Crippen molar-refractivity contribution in [2.45, 2.75) is 89.4 Å². The minimum absolute atomic E-state index is 0.000322. The molecule has 50 heavy (non-hydrogen) atoms. The van der Waals surface area contributed by atoms with Gasteiger partial charge in [-0.3, -0.25) is 14.5 Å². The van der Waals surface area contributed by atoms with Crippen molar-refractivity contribution in [3.63, 3.8) is 0 Å². The second kappa shape index (κ2) is 17.0. The van der Waals surface area contributed by atoms with Crippen LogP contribution in [0.1, 0.15) is 88.4 Å². The number of carbonyl (C=O) groups excluding carboxylic acids is 3. The Hall–Kier alpha value is -4.47. The average Bonchev–Trinajstić information content (AvgIpc) is 3.54. The Morgan fingerprint density at radius 3 is 2.20 bits per heavy atom. The molecule has 4 atom stereocenters. The van der Waals surface area contributed by atoms with E-state index in [1.165, 1.54) is 11.1 Å². The number of nitrogens with zero attached hydrogens (tertiary/aromatic N) is 1. The summed E-state index contributed by atoms with van der Waals surface area (Å²) in [4.78, 5) is 47.6. The highest BCUT2D eigenvalue weighted by molar-refractivity contribution is 5.93. The predicted octanol–water partition coefficient (Wildman–Crippen LogP) is 6.21. The number of nitrogens with two attached hydrogens (primary N) is 1. The van der Waals surface area contributed by atoms with Crippen molar-refractivity contribution in [3.05, 3.63) is 108 Å². The molecule has 3 aromatic carbocycles. The zero-order valence-electron chi connectivity index (χ0n) is 29.9. The zero-order chi connectivity index (χ0) is 35.7. The van der Waals surface area contributed by atoms with Gasteiger partial charge in [0.25, 0.3) is 0 Å². The molecule has 0 saturated carbocycles. The SMILES string of the molecule is C[C@@H](c1c[nH]c2ccccc12)C(NC(=O)C1CCCN(C(c2ccccc2)c2ccccc2)C1)C(=O)N[C@@H](CCCCN)C(=O)OC(C)(C)C. The van der Waals surface area contributed by atoms with Crippen LogP contribution in [0.15, 0.2) is 91.1 Å². The number of benzene rings is 3. The molecule has 2 unspecified atom stereocenters. The largest absolute Gasteiger partial charge is 0.458 e. The highest BCUT2D eigenvalue weighted by atomic mass is 16.6. The molecule has 1 saturated heterocycles. The number of likely N-dealkylation sites (tertiary alicyclic amines) is 1. The maximum Gasteiger partial charge on any atom is 0.329 e. The predicted molar refractivity (Wildman–Crippen MR) is 198 cm³/mol. The molecule has 2 amide bonds. The number of rotatable bonds is 14. The summed E-state index contributed by atoms with van der Waals surface area (Å²) >= 11 is 0. The summed E-state index contributed by atoms with van der Waals surface area (Å²) in [5, 5.41) is 7.13. The van der Waals surface area contributed by atoms with Crippen LogP contribution in [-0.2, 0) is 19.1 Å². The fourth-order valence-electron chi connectivity index (χ4n) is 7.05. The summed E-state index contributed by atoms with van der Waals surface area (Å²) < 4.78 is 5.70. The van der Waals surface area contributed by atoms with Crippen molar-refractivity contribution in [2.75, 3.05) is 19.6 Å². The summed E-state index contributed by atoms with van der Waals surface area (Å²) in [5.74, 6) is -1.81. The number of nitrogens with one attached hydrogen (secondary N) is 3. The Bertz CT molecular complexity index is 1660. The molecule has 0 spiro atoms. The highest BCUT2D eigenvalue weighted by Crippen LogP contribution is 2.33. The quantitative estimate of drug-likeness (QED) is 0.0927. The first-order chi connectivity index (χ1) is 24.1. The third-order valence-corrected chi connectivity index (χ3v) is 9.57. The number of unbranched alkanes of at least 4 members (excludes halogenated alkanes) is 1. The van der Waals surface area contributed by atoms with E-state index in [1.54, 1.807) is 20.8 Å². The summed E-state index contributed by atoms with van der Waals surface area (Å²) in [5.41, 5.74) is 9.23. The number of carbonyl (C=O) groups is 3. The molecule has 1 fully saturated rings. The van der Waals surface area contributed by atoms with E-state index in [-0.39, 0.29) is 17.9 Å². The van der Waals surface area contributed by atoms with E-state index in [1.807, 2.05) is 49.5 Å². The van der Waals surface area contributed by atoms with E-state index in [0.29, 0.717) is 38.8 Å². The first kappa shape index (κ1) is 36.8. The second-order valence-electron chi connectivity index (χ2n) is 14.5. The molecule has 1 aliphatic heterocycles. The topological polar surface area (TPSA) is 130 Å². The number of esters is 1. The molecule has 266 valence electrons. The van der Waals surface area contributed by atoms with E-state index in [0.717, 1.165) is 29.4 Å². The maximum absolute atomic E-state index is 14.3. The first-order valence-electron chi connectivity index (χ1n) is 18.0. The van der Waals surface area contributed by atoms with E-state index in [4.69, 9.17) is 10.5 Å². The molecule has 0 bridgehead atoms.